The molecule has 2 atom stereocenters. The van der Waals surface area contributed by atoms with Gasteiger partial charge in [0.2, 0.25) is 0 Å². The molecule has 1 aromatic heterocycles. The molecule has 0 aliphatic heterocycles. The fourth-order valence-electron chi connectivity index (χ4n) is 2.51. The van der Waals surface area contributed by atoms with Crippen molar-refractivity contribution in [3.8, 4) is 0 Å². The zero-order chi connectivity index (χ0) is 16.1. The molecule has 0 aliphatic rings. The van der Waals surface area contributed by atoms with Gasteiger partial charge in [0, 0.05) is 41.9 Å². The number of benzene rings is 2. The number of carbonyl (C=O) groups is 1. The lowest BCUT2D eigenvalue weighted by Gasteiger charge is -2.15. The number of rotatable bonds is 7. The normalized spacial score (nSPS) is 11.7. The van der Waals surface area contributed by atoms with Gasteiger partial charge in [-0.05, 0) is 35.8 Å². The molecule has 23 heavy (non-hydrogen) atoms. The lowest BCUT2D eigenvalue weighted by molar-refractivity contribution is -0.107. The topological polar surface area (TPSA) is 29.1 Å². The van der Waals surface area contributed by atoms with Gasteiger partial charge in [-0.15, -0.1) is 20.0 Å². The van der Waals surface area contributed by atoms with Gasteiger partial charge in [0.05, 0.1) is 0 Å². The zero-order valence-corrected chi connectivity index (χ0v) is 15.7. The Balaban J connectivity index is 1.93. The quantitative estimate of drug-likeness (QED) is 0.272. The molecule has 0 radical (unpaired) electrons. The van der Waals surface area contributed by atoms with Gasteiger partial charge < -0.3 is 9.88 Å². The lowest BCUT2D eigenvalue weighted by Crippen LogP contribution is -1.95. The maximum Gasteiger partial charge on any atom is 0.120 e. The molecule has 0 saturated carbocycles. The number of anilines is 1. The summed E-state index contributed by atoms with van der Waals surface area (Å²) >= 11 is 1.77. The van der Waals surface area contributed by atoms with Crippen LogP contribution in [0.4, 0.5) is 5.69 Å². The molecule has 2 aromatic carbocycles. The maximum absolute atomic E-state index is 10.6. The molecule has 118 valence electrons. The highest BCUT2D eigenvalue weighted by Crippen LogP contribution is 2.36. The van der Waals surface area contributed by atoms with Crippen LogP contribution in [0.25, 0.3) is 10.8 Å². The minimum Gasteiger partial charge on any atom is -0.362 e. The van der Waals surface area contributed by atoms with Crippen LogP contribution in [0.5, 0.6) is 0 Å². The van der Waals surface area contributed by atoms with Crippen molar-refractivity contribution in [2.24, 2.45) is 0 Å². The summed E-state index contributed by atoms with van der Waals surface area (Å²) in [5.74, 6) is 3.05. The smallest absolute Gasteiger partial charge is 0.120 e. The first kappa shape index (κ1) is 16.6. The summed E-state index contributed by atoms with van der Waals surface area (Å²) in [6.45, 7) is 2.17. The Kier molecular flexibility index (Phi) is 5.78. The van der Waals surface area contributed by atoms with Crippen LogP contribution in [-0.2, 0) is 4.79 Å². The minimum atomic E-state index is 0.598. The van der Waals surface area contributed by atoms with E-state index >= 15 is 0 Å². The molecule has 2 unspecified atom stereocenters. The first-order valence-corrected chi connectivity index (χ1v) is 10.6. The Labute approximate surface area is 144 Å². The van der Waals surface area contributed by atoms with Crippen LogP contribution >= 0.6 is 28.7 Å². The maximum atomic E-state index is 10.6. The van der Waals surface area contributed by atoms with Crippen LogP contribution < -0.4 is 10.1 Å². The average Bonchev–Trinajstić information content (AvgIpc) is 3.09. The molecular weight excluding hydrogens is 340 g/mol. The Hall–Kier alpha value is -1.27. The Morgan fingerprint density at radius 1 is 1.22 bits per heavy atom. The highest BCUT2D eigenvalue weighted by molar-refractivity contribution is 7.99. The molecule has 5 heteroatoms. The number of hydrogen-bond acceptors (Lipinski definition) is 3. The number of aryl methyl sites for hydroxylation is 1. The third-order valence-electron chi connectivity index (χ3n) is 3.69. The van der Waals surface area contributed by atoms with Crippen molar-refractivity contribution in [1.29, 1.82) is 0 Å². The molecule has 3 rings (SSSR count). The second kappa shape index (κ2) is 8.02. The van der Waals surface area contributed by atoms with Crippen LogP contribution in [0.3, 0.4) is 0 Å². The standard InChI is InChI=1S/C18H19NOP2S/c1-13-14-6-2-3-7-15(14)16(12-17(13)23-11-5-9-20)19-22-18-8-4-10-21-18/h2-4,6-10,12,19,21-22H,5,11H2,1H3. The highest BCUT2D eigenvalue weighted by atomic mass is 32.2. The van der Waals surface area contributed by atoms with Gasteiger partial charge in [-0.2, -0.15) is 0 Å². The third-order valence-corrected chi connectivity index (χ3v) is 7.34. The minimum absolute atomic E-state index is 0.598. The van der Waals surface area contributed by atoms with E-state index in [0.29, 0.717) is 15.2 Å². The second-order valence-electron chi connectivity index (χ2n) is 5.23. The van der Waals surface area contributed by atoms with Gasteiger partial charge in [0.25, 0.3) is 0 Å². The van der Waals surface area contributed by atoms with E-state index in [2.05, 4.69) is 60.3 Å². The van der Waals surface area contributed by atoms with Crippen molar-refractivity contribution in [1.82, 2.24) is 0 Å². The largest absolute Gasteiger partial charge is 0.362 e. The zero-order valence-electron chi connectivity index (χ0n) is 12.9. The summed E-state index contributed by atoms with van der Waals surface area (Å²) in [6.07, 6.45) is 1.59. The summed E-state index contributed by atoms with van der Waals surface area (Å²) in [4.78, 5) is 11.8. The van der Waals surface area contributed by atoms with Gasteiger partial charge in [0.1, 0.15) is 6.29 Å². The Bertz CT molecular complexity index is 802. The number of fused-ring (bicyclic) bond motifs is 1. The Morgan fingerprint density at radius 2 is 2.04 bits per heavy atom. The summed E-state index contributed by atoms with van der Waals surface area (Å²) < 4.78 is 0. The molecule has 0 fully saturated rings. The molecule has 0 bridgehead atoms. The van der Waals surface area contributed by atoms with Crippen molar-refractivity contribution in [2.45, 2.75) is 18.2 Å². The third kappa shape index (κ3) is 3.98. The number of carbonyl (C=O) groups excluding carboxylic acids is 1. The molecule has 2 nitrogen and oxygen atoms in total. The molecular formula is C18H19NOP2S. The van der Waals surface area contributed by atoms with E-state index in [0.717, 1.165) is 20.2 Å². The van der Waals surface area contributed by atoms with E-state index in [-0.39, 0.29) is 0 Å². The first-order valence-electron chi connectivity index (χ1n) is 7.54. The van der Waals surface area contributed by atoms with E-state index in [9.17, 15) is 4.79 Å². The van der Waals surface area contributed by atoms with Crippen LogP contribution in [0.1, 0.15) is 12.0 Å². The van der Waals surface area contributed by atoms with E-state index in [1.165, 1.54) is 32.0 Å². The molecule has 0 saturated heterocycles. The number of nitrogens with one attached hydrogen (secondary N) is 1. The average molecular weight is 359 g/mol. The summed E-state index contributed by atoms with van der Waals surface area (Å²) in [7, 11) is 1.43. The summed E-state index contributed by atoms with van der Waals surface area (Å²) in [6, 6.07) is 15.1. The van der Waals surface area contributed by atoms with Crippen LogP contribution in [0.15, 0.2) is 53.2 Å². The van der Waals surface area contributed by atoms with Crippen LogP contribution in [-0.4, -0.2) is 12.0 Å². The van der Waals surface area contributed by atoms with E-state index in [1.54, 1.807) is 11.8 Å². The Morgan fingerprint density at radius 3 is 2.78 bits per heavy atom. The molecule has 0 amide bonds. The van der Waals surface area contributed by atoms with Gasteiger partial charge >= 0.3 is 0 Å². The van der Waals surface area contributed by atoms with Gasteiger partial charge in [-0.3, -0.25) is 0 Å². The fraction of sp³-hybridized carbons (Fsp3) is 0.167. The van der Waals surface area contributed by atoms with Crippen molar-refractivity contribution < 1.29 is 4.79 Å². The van der Waals surface area contributed by atoms with Crippen molar-refractivity contribution in [3.63, 3.8) is 0 Å². The lowest BCUT2D eigenvalue weighted by atomic mass is 10.0. The monoisotopic (exact) mass is 359 g/mol. The van der Waals surface area contributed by atoms with Crippen LogP contribution in [0, 0.1) is 6.92 Å². The molecule has 3 aromatic rings. The number of aldehydes is 1. The molecule has 0 spiro atoms. The van der Waals surface area contributed by atoms with Crippen LogP contribution in [0.2, 0.25) is 0 Å². The van der Waals surface area contributed by atoms with Gasteiger partial charge in [-0.1, -0.05) is 30.3 Å². The fourth-order valence-corrected chi connectivity index (χ4v) is 5.42. The molecule has 0 aliphatic carbocycles. The van der Waals surface area contributed by atoms with Gasteiger partial charge in [0.15, 0.2) is 0 Å². The van der Waals surface area contributed by atoms with Crippen molar-refractivity contribution in [3.05, 3.63) is 53.8 Å². The van der Waals surface area contributed by atoms with E-state index in [1.807, 2.05) is 0 Å². The first-order chi connectivity index (χ1) is 11.3. The van der Waals surface area contributed by atoms with Gasteiger partial charge in [-0.25, -0.2) is 0 Å². The van der Waals surface area contributed by atoms with Crippen molar-refractivity contribution >= 4 is 56.5 Å². The molecule has 1 heterocycles. The van der Waals surface area contributed by atoms with E-state index < -0.39 is 0 Å². The SMILES string of the molecule is Cc1c(SCCC=O)cc(NPc2ccc[pH]2)c2ccccc12. The molecule has 1 N–H and O–H groups in total. The summed E-state index contributed by atoms with van der Waals surface area (Å²) in [5.41, 5.74) is 2.49. The van der Waals surface area contributed by atoms with E-state index in [4.69, 9.17) is 0 Å². The predicted molar refractivity (Wildman–Crippen MR) is 108 cm³/mol. The number of thioether (sulfide) groups is 1. The van der Waals surface area contributed by atoms with Crippen molar-refractivity contribution in [2.75, 3.05) is 10.8 Å². The second-order valence-corrected chi connectivity index (χ2v) is 9.07. The predicted octanol–water partition coefficient (Wildman–Crippen LogP) is 5.19. The highest BCUT2D eigenvalue weighted by Gasteiger charge is 2.09. The number of hydrogen-bond donors (Lipinski definition) is 1. The summed E-state index contributed by atoms with van der Waals surface area (Å²) in [5, 5.41) is 7.65.